The van der Waals surface area contributed by atoms with E-state index in [1.54, 1.807) is 36.4 Å². The quantitative estimate of drug-likeness (QED) is 0.849. The molecule has 0 aliphatic rings. The zero-order valence-electron chi connectivity index (χ0n) is 11.6. The van der Waals surface area contributed by atoms with E-state index in [1.165, 1.54) is 13.8 Å². The first-order valence-corrected chi connectivity index (χ1v) is 7.89. The maximum atomic E-state index is 12.3. The number of rotatable bonds is 3. The molecule has 0 N–H and O–H groups in total. The van der Waals surface area contributed by atoms with Gasteiger partial charge >= 0.3 is 0 Å². The standard InChI is InChI=1S/C14H13N3O3S/c1-3-21(19,20)13-10(2)12(9-15)14(18)17(16-13)11-7-5-4-6-8-11/h4-8H,3H2,1-2H3. The van der Waals surface area contributed by atoms with Gasteiger partial charge in [-0.15, -0.1) is 0 Å². The van der Waals surface area contributed by atoms with Crippen LogP contribution in [0.25, 0.3) is 5.69 Å². The van der Waals surface area contributed by atoms with Crippen molar-refractivity contribution in [3.63, 3.8) is 0 Å². The molecule has 0 unspecified atom stereocenters. The fourth-order valence-corrected chi connectivity index (χ4v) is 2.94. The van der Waals surface area contributed by atoms with Gasteiger partial charge in [-0.3, -0.25) is 4.79 Å². The Morgan fingerprint density at radius 3 is 2.43 bits per heavy atom. The topological polar surface area (TPSA) is 92.8 Å². The lowest BCUT2D eigenvalue weighted by molar-refractivity contribution is 0.585. The second-order valence-electron chi connectivity index (χ2n) is 4.37. The van der Waals surface area contributed by atoms with E-state index in [1.807, 2.05) is 0 Å². The number of nitriles is 1. The summed E-state index contributed by atoms with van der Waals surface area (Å²) in [6.45, 7) is 2.91. The van der Waals surface area contributed by atoms with Crippen LogP contribution in [0.1, 0.15) is 18.1 Å². The smallest absolute Gasteiger partial charge is 0.266 e. The first-order valence-electron chi connectivity index (χ1n) is 6.24. The predicted molar refractivity (Wildman–Crippen MR) is 77.0 cm³/mol. The maximum Gasteiger partial charge on any atom is 0.289 e. The normalized spacial score (nSPS) is 11.1. The summed E-state index contributed by atoms with van der Waals surface area (Å²) in [5.41, 5.74) is -0.333. The largest absolute Gasteiger partial charge is 0.289 e. The van der Waals surface area contributed by atoms with Crippen LogP contribution in [0.5, 0.6) is 0 Å². The lowest BCUT2D eigenvalue weighted by Gasteiger charge is -2.11. The van der Waals surface area contributed by atoms with Gasteiger partial charge in [-0.2, -0.15) is 15.0 Å². The summed E-state index contributed by atoms with van der Waals surface area (Å²) in [4.78, 5) is 12.3. The third-order valence-electron chi connectivity index (χ3n) is 3.08. The highest BCUT2D eigenvalue weighted by Crippen LogP contribution is 2.16. The minimum absolute atomic E-state index is 0.0940. The van der Waals surface area contributed by atoms with Gasteiger partial charge in [0.2, 0.25) is 0 Å². The summed E-state index contributed by atoms with van der Waals surface area (Å²) in [6, 6.07) is 10.2. The van der Waals surface area contributed by atoms with Crippen molar-refractivity contribution < 1.29 is 8.42 Å². The fourth-order valence-electron chi connectivity index (χ4n) is 1.89. The summed E-state index contributed by atoms with van der Waals surface area (Å²) in [5.74, 6) is -0.154. The SMILES string of the molecule is CCS(=O)(=O)c1nn(-c2ccccc2)c(=O)c(C#N)c1C. The van der Waals surface area contributed by atoms with Gasteiger partial charge in [0.1, 0.15) is 11.6 Å². The molecule has 0 saturated carbocycles. The summed E-state index contributed by atoms with van der Waals surface area (Å²) in [6.07, 6.45) is 0. The molecule has 21 heavy (non-hydrogen) atoms. The van der Waals surface area contributed by atoms with Crippen LogP contribution in [0.4, 0.5) is 0 Å². The number of aromatic nitrogens is 2. The van der Waals surface area contributed by atoms with Crippen molar-refractivity contribution in [3.05, 3.63) is 51.8 Å². The molecule has 6 nitrogen and oxygen atoms in total. The lowest BCUT2D eigenvalue weighted by atomic mass is 10.2. The van der Waals surface area contributed by atoms with Crippen molar-refractivity contribution in [1.82, 2.24) is 9.78 Å². The van der Waals surface area contributed by atoms with E-state index in [4.69, 9.17) is 5.26 Å². The van der Waals surface area contributed by atoms with E-state index >= 15 is 0 Å². The molecular weight excluding hydrogens is 290 g/mol. The number of hydrogen-bond acceptors (Lipinski definition) is 5. The fraction of sp³-hybridized carbons (Fsp3) is 0.214. The zero-order chi connectivity index (χ0) is 15.6. The van der Waals surface area contributed by atoms with Gasteiger partial charge in [0.15, 0.2) is 14.9 Å². The Morgan fingerprint density at radius 1 is 1.29 bits per heavy atom. The minimum Gasteiger partial charge on any atom is -0.266 e. The average molecular weight is 303 g/mol. The highest BCUT2D eigenvalue weighted by Gasteiger charge is 2.23. The molecule has 1 aromatic carbocycles. The second kappa shape index (κ2) is 5.50. The van der Waals surface area contributed by atoms with Crippen LogP contribution < -0.4 is 5.56 Å². The van der Waals surface area contributed by atoms with Gasteiger partial charge in [0.25, 0.3) is 5.56 Å². The van der Waals surface area contributed by atoms with E-state index < -0.39 is 15.4 Å². The van der Waals surface area contributed by atoms with Gasteiger partial charge in [-0.05, 0) is 19.1 Å². The van der Waals surface area contributed by atoms with Crippen molar-refractivity contribution in [3.8, 4) is 11.8 Å². The number of sulfone groups is 1. The molecule has 0 saturated heterocycles. The Kier molecular flexibility index (Phi) is 3.91. The predicted octanol–water partition coefficient (Wildman–Crippen LogP) is 1.21. The van der Waals surface area contributed by atoms with Crippen molar-refractivity contribution >= 4 is 9.84 Å². The third kappa shape index (κ3) is 2.58. The van der Waals surface area contributed by atoms with Gasteiger partial charge < -0.3 is 0 Å². The van der Waals surface area contributed by atoms with Gasteiger partial charge in [-0.1, -0.05) is 25.1 Å². The molecule has 0 aliphatic carbocycles. The third-order valence-corrected chi connectivity index (χ3v) is 4.82. The number of benzene rings is 1. The Balaban J connectivity index is 2.90. The summed E-state index contributed by atoms with van der Waals surface area (Å²) < 4.78 is 25.1. The number of hydrogen-bond donors (Lipinski definition) is 0. The van der Waals surface area contributed by atoms with Crippen molar-refractivity contribution in [2.45, 2.75) is 18.9 Å². The maximum absolute atomic E-state index is 12.3. The second-order valence-corrected chi connectivity index (χ2v) is 6.57. The molecule has 0 radical (unpaired) electrons. The lowest BCUT2D eigenvalue weighted by Crippen LogP contribution is -2.28. The Hall–Kier alpha value is -2.46. The van der Waals surface area contributed by atoms with Crippen LogP contribution in [-0.2, 0) is 9.84 Å². The molecule has 1 heterocycles. The monoisotopic (exact) mass is 303 g/mol. The zero-order valence-corrected chi connectivity index (χ0v) is 12.4. The molecule has 0 spiro atoms. The molecule has 2 rings (SSSR count). The molecule has 7 heteroatoms. The van der Waals surface area contributed by atoms with Crippen LogP contribution in [0, 0.1) is 18.3 Å². The molecule has 1 aromatic heterocycles. The molecule has 0 bridgehead atoms. The van der Waals surface area contributed by atoms with E-state index in [-0.39, 0.29) is 21.9 Å². The van der Waals surface area contributed by atoms with E-state index in [0.29, 0.717) is 5.69 Å². The molecule has 0 amide bonds. The Bertz CT molecular complexity index is 878. The molecule has 0 atom stereocenters. The average Bonchev–Trinajstić information content (AvgIpc) is 2.48. The van der Waals surface area contributed by atoms with Crippen molar-refractivity contribution in [2.24, 2.45) is 0 Å². The van der Waals surface area contributed by atoms with Crippen LogP contribution >= 0.6 is 0 Å². The van der Waals surface area contributed by atoms with Gasteiger partial charge in [0.05, 0.1) is 11.4 Å². The summed E-state index contributed by atoms with van der Waals surface area (Å²) in [7, 11) is -3.63. The summed E-state index contributed by atoms with van der Waals surface area (Å²) >= 11 is 0. The number of nitrogens with zero attached hydrogens (tertiary/aromatic N) is 3. The van der Waals surface area contributed by atoms with Gasteiger partial charge in [0, 0.05) is 5.56 Å². The highest BCUT2D eigenvalue weighted by molar-refractivity contribution is 7.91. The van der Waals surface area contributed by atoms with Crippen LogP contribution in [0.3, 0.4) is 0 Å². The van der Waals surface area contributed by atoms with Crippen molar-refractivity contribution in [1.29, 1.82) is 5.26 Å². The molecule has 2 aromatic rings. The Morgan fingerprint density at radius 2 is 1.90 bits per heavy atom. The highest BCUT2D eigenvalue weighted by atomic mass is 32.2. The molecule has 0 fully saturated rings. The molecule has 108 valence electrons. The Labute approximate surface area is 122 Å². The minimum atomic E-state index is -3.63. The van der Waals surface area contributed by atoms with Crippen LogP contribution in [0.15, 0.2) is 40.2 Å². The van der Waals surface area contributed by atoms with Crippen LogP contribution in [-0.4, -0.2) is 24.0 Å². The van der Waals surface area contributed by atoms with E-state index in [0.717, 1.165) is 4.68 Å². The van der Waals surface area contributed by atoms with E-state index in [9.17, 15) is 13.2 Å². The van der Waals surface area contributed by atoms with Crippen molar-refractivity contribution in [2.75, 3.05) is 5.75 Å². The first kappa shape index (κ1) is 14.9. The molecular formula is C14H13N3O3S. The number of para-hydroxylation sites is 1. The van der Waals surface area contributed by atoms with Crippen LogP contribution in [0.2, 0.25) is 0 Å². The van der Waals surface area contributed by atoms with E-state index in [2.05, 4.69) is 5.10 Å². The molecule has 0 aliphatic heterocycles. The first-order chi connectivity index (χ1) is 9.92. The summed E-state index contributed by atoms with van der Waals surface area (Å²) in [5, 5.41) is 12.9. The van der Waals surface area contributed by atoms with Gasteiger partial charge in [-0.25, -0.2) is 8.42 Å².